The smallest absolute Gasteiger partial charge is 0.234 e. The van der Waals surface area contributed by atoms with Gasteiger partial charge in [0, 0.05) is 7.05 Å². The second kappa shape index (κ2) is 5.54. The SMILES string of the molecule is CC(CS(=O)(=O)Nc1c(N)cnn1C)c1ccccc1. The van der Waals surface area contributed by atoms with Gasteiger partial charge in [-0.2, -0.15) is 5.10 Å². The Kier molecular flexibility index (Phi) is 3.99. The van der Waals surface area contributed by atoms with E-state index < -0.39 is 10.0 Å². The largest absolute Gasteiger partial charge is 0.394 e. The molecule has 0 fully saturated rings. The lowest BCUT2D eigenvalue weighted by atomic mass is 10.0. The lowest BCUT2D eigenvalue weighted by Gasteiger charge is -2.14. The summed E-state index contributed by atoms with van der Waals surface area (Å²) in [6.07, 6.45) is 1.42. The number of sulfonamides is 1. The van der Waals surface area contributed by atoms with Crippen LogP contribution in [0.5, 0.6) is 0 Å². The summed E-state index contributed by atoms with van der Waals surface area (Å²) in [7, 11) is -1.85. The number of hydrogen-bond donors (Lipinski definition) is 2. The molecule has 0 spiro atoms. The van der Waals surface area contributed by atoms with Gasteiger partial charge in [0.2, 0.25) is 10.0 Å². The third-order valence-electron chi connectivity index (χ3n) is 3.06. The van der Waals surface area contributed by atoms with Crippen LogP contribution in [0.4, 0.5) is 11.5 Å². The molecule has 2 rings (SSSR count). The number of nitrogen functional groups attached to an aromatic ring is 1. The quantitative estimate of drug-likeness (QED) is 0.875. The van der Waals surface area contributed by atoms with Crippen molar-refractivity contribution >= 4 is 21.5 Å². The van der Waals surface area contributed by atoms with Crippen molar-refractivity contribution in [1.82, 2.24) is 9.78 Å². The number of aromatic nitrogens is 2. The maximum atomic E-state index is 12.2. The fraction of sp³-hybridized carbons (Fsp3) is 0.308. The molecule has 1 atom stereocenters. The minimum absolute atomic E-state index is 0.0123. The summed E-state index contributed by atoms with van der Waals surface area (Å²) in [4.78, 5) is 0. The van der Waals surface area contributed by atoms with Crippen LogP contribution >= 0.6 is 0 Å². The molecule has 0 radical (unpaired) electrons. The Morgan fingerprint density at radius 1 is 1.35 bits per heavy atom. The van der Waals surface area contributed by atoms with Gasteiger partial charge in [-0.15, -0.1) is 0 Å². The van der Waals surface area contributed by atoms with Crippen molar-refractivity contribution in [2.75, 3.05) is 16.2 Å². The van der Waals surface area contributed by atoms with Crippen molar-refractivity contribution in [3.63, 3.8) is 0 Å². The summed E-state index contributed by atoms with van der Waals surface area (Å²) in [5, 5.41) is 3.90. The molecule has 0 aliphatic heterocycles. The molecule has 1 heterocycles. The molecule has 20 heavy (non-hydrogen) atoms. The molecule has 0 aliphatic carbocycles. The number of rotatable bonds is 5. The van der Waals surface area contributed by atoms with Crippen molar-refractivity contribution in [2.24, 2.45) is 7.05 Å². The number of hydrogen-bond acceptors (Lipinski definition) is 4. The molecule has 0 aliphatic rings. The first kappa shape index (κ1) is 14.4. The van der Waals surface area contributed by atoms with Crippen LogP contribution in [0.1, 0.15) is 18.4 Å². The van der Waals surface area contributed by atoms with Crippen LogP contribution in [0.3, 0.4) is 0 Å². The van der Waals surface area contributed by atoms with E-state index in [4.69, 9.17) is 5.73 Å². The molecule has 0 saturated carbocycles. The van der Waals surface area contributed by atoms with Crippen LogP contribution in [0.25, 0.3) is 0 Å². The third-order valence-corrected chi connectivity index (χ3v) is 4.50. The molecule has 3 N–H and O–H groups in total. The Balaban J connectivity index is 2.12. The molecule has 0 amide bonds. The topological polar surface area (TPSA) is 90.0 Å². The van der Waals surface area contributed by atoms with Crippen molar-refractivity contribution in [3.05, 3.63) is 42.1 Å². The van der Waals surface area contributed by atoms with E-state index in [2.05, 4.69) is 9.82 Å². The maximum absolute atomic E-state index is 12.2. The minimum atomic E-state index is -3.49. The highest BCUT2D eigenvalue weighted by Crippen LogP contribution is 2.21. The van der Waals surface area contributed by atoms with Gasteiger partial charge in [0.25, 0.3) is 0 Å². The molecule has 0 saturated heterocycles. The summed E-state index contributed by atoms with van der Waals surface area (Å²) in [6, 6.07) is 9.52. The van der Waals surface area contributed by atoms with Gasteiger partial charge in [0.1, 0.15) is 0 Å². The summed E-state index contributed by atoms with van der Waals surface area (Å²) in [6.45, 7) is 1.88. The van der Waals surface area contributed by atoms with Crippen molar-refractivity contribution in [1.29, 1.82) is 0 Å². The van der Waals surface area contributed by atoms with Crippen molar-refractivity contribution in [2.45, 2.75) is 12.8 Å². The molecular formula is C13H18N4O2S. The predicted octanol–water partition coefficient (Wildman–Crippen LogP) is 1.55. The molecule has 2 aromatic rings. The summed E-state index contributed by atoms with van der Waals surface area (Å²) in [5.41, 5.74) is 6.97. The number of nitrogens with one attached hydrogen (secondary N) is 1. The zero-order valence-electron chi connectivity index (χ0n) is 11.4. The van der Waals surface area contributed by atoms with Gasteiger partial charge in [-0.3, -0.25) is 9.40 Å². The summed E-state index contributed by atoms with van der Waals surface area (Å²) >= 11 is 0. The third kappa shape index (κ3) is 3.30. The van der Waals surface area contributed by atoms with Crippen LogP contribution in [-0.4, -0.2) is 24.0 Å². The first-order chi connectivity index (χ1) is 9.39. The van der Waals surface area contributed by atoms with Crippen LogP contribution < -0.4 is 10.5 Å². The fourth-order valence-electron chi connectivity index (χ4n) is 1.98. The number of anilines is 2. The van der Waals surface area contributed by atoms with E-state index in [1.54, 1.807) is 7.05 Å². The van der Waals surface area contributed by atoms with Gasteiger partial charge in [-0.05, 0) is 11.5 Å². The average molecular weight is 294 g/mol. The van der Waals surface area contributed by atoms with Crippen LogP contribution in [-0.2, 0) is 17.1 Å². The van der Waals surface area contributed by atoms with Crippen LogP contribution in [0, 0.1) is 0 Å². The first-order valence-electron chi connectivity index (χ1n) is 6.22. The molecule has 1 aromatic heterocycles. The normalized spacial score (nSPS) is 13.1. The number of benzene rings is 1. The first-order valence-corrected chi connectivity index (χ1v) is 7.87. The van der Waals surface area contributed by atoms with E-state index in [0.29, 0.717) is 11.5 Å². The number of nitrogens with two attached hydrogens (primary N) is 1. The zero-order chi connectivity index (χ0) is 14.8. The van der Waals surface area contributed by atoms with Gasteiger partial charge in [-0.25, -0.2) is 8.42 Å². The molecule has 7 heteroatoms. The molecule has 1 aromatic carbocycles. The number of nitrogens with zero attached hydrogens (tertiary/aromatic N) is 2. The zero-order valence-corrected chi connectivity index (χ0v) is 12.3. The highest BCUT2D eigenvalue weighted by atomic mass is 32.2. The van der Waals surface area contributed by atoms with Gasteiger partial charge in [0.05, 0.1) is 17.6 Å². The highest BCUT2D eigenvalue weighted by molar-refractivity contribution is 7.92. The summed E-state index contributed by atoms with van der Waals surface area (Å²) < 4.78 is 28.2. The second-order valence-electron chi connectivity index (χ2n) is 4.77. The monoisotopic (exact) mass is 294 g/mol. The number of aryl methyl sites for hydroxylation is 1. The van der Waals surface area contributed by atoms with Gasteiger partial charge < -0.3 is 5.73 Å². The maximum Gasteiger partial charge on any atom is 0.234 e. The highest BCUT2D eigenvalue weighted by Gasteiger charge is 2.19. The Bertz CT molecular complexity index is 660. The van der Waals surface area contributed by atoms with E-state index in [0.717, 1.165) is 5.56 Å². The molecular weight excluding hydrogens is 276 g/mol. The minimum Gasteiger partial charge on any atom is -0.394 e. The molecule has 1 unspecified atom stereocenters. The fourth-order valence-corrected chi connectivity index (χ4v) is 3.45. The van der Waals surface area contributed by atoms with E-state index in [9.17, 15) is 8.42 Å². The van der Waals surface area contributed by atoms with E-state index in [1.165, 1.54) is 10.9 Å². The van der Waals surface area contributed by atoms with Crippen molar-refractivity contribution in [3.8, 4) is 0 Å². The van der Waals surface area contributed by atoms with E-state index >= 15 is 0 Å². The van der Waals surface area contributed by atoms with Gasteiger partial charge >= 0.3 is 0 Å². The predicted molar refractivity (Wildman–Crippen MR) is 79.9 cm³/mol. The Labute approximate surface area is 118 Å². The van der Waals surface area contributed by atoms with Crippen LogP contribution in [0.2, 0.25) is 0 Å². The lowest BCUT2D eigenvalue weighted by Crippen LogP contribution is -2.22. The van der Waals surface area contributed by atoms with Crippen LogP contribution in [0.15, 0.2) is 36.5 Å². The summed E-state index contributed by atoms with van der Waals surface area (Å²) in [5.74, 6) is 0.176. The van der Waals surface area contributed by atoms with Crippen molar-refractivity contribution < 1.29 is 8.42 Å². The van der Waals surface area contributed by atoms with E-state index in [1.807, 2.05) is 37.3 Å². The lowest BCUT2D eigenvalue weighted by molar-refractivity contribution is 0.595. The Morgan fingerprint density at radius 2 is 2.00 bits per heavy atom. The van der Waals surface area contributed by atoms with Gasteiger partial charge in [-0.1, -0.05) is 37.3 Å². The Morgan fingerprint density at radius 3 is 2.55 bits per heavy atom. The average Bonchev–Trinajstić information content (AvgIpc) is 2.70. The molecule has 0 bridgehead atoms. The molecule has 108 valence electrons. The van der Waals surface area contributed by atoms with E-state index in [-0.39, 0.29) is 11.7 Å². The van der Waals surface area contributed by atoms with Gasteiger partial charge in [0.15, 0.2) is 5.82 Å². The Hall–Kier alpha value is -2.02. The molecule has 6 nitrogen and oxygen atoms in total. The standard InChI is InChI=1S/C13H18N4O2S/c1-10(11-6-4-3-5-7-11)9-20(18,19)16-13-12(14)8-15-17(13)2/h3-8,10,16H,9,14H2,1-2H3. The second-order valence-corrected chi connectivity index (χ2v) is 6.53.